The van der Waals surface area contributed by atoms with Crippen molar-refractivity contribution in [3.05, 3.63) is 33.7 Å². The van der Waals surface area contributed by atoms with Crippen molar-refractivity contribution >= 4 is 34.9 Å². The van der Waals surface area contributed by atoms with Crippen LogP contribution < -0.4 is 10.1 Å². The van der Waals surface area contributed by atoms with Crippen LogP contribution in [-0.2, 0) is 9.59 Å². The van der Waals surface area contributed by atoms with Crippen molar-refractivity contribution in [2.75, 3.05) is 20.2 Å². The monoisotopic (exact) mass is 376 g/mol. The lowest BCUT2D eigenvalue weighted by Gasteiger charge is -2.13. The van der Waals surface area contributed by atoms with E-state index in [1.54, 1.807) is 13.2 Å². The fourth-order valence-corrected chi connectivity index (χ4v) is 3.31. The lowest BCUT2D eigenvalue weighted by atomic mass is 10.0. The SMILES string of the molecule is COc1cc(C)c(/C=C2\SC(=O)N(CC(=O)NCC(C)C)C2=O)cc1C. The molecular formula is C19H24N2O4S. The first-order valence-corrected chi connectivity index (χ1v) is 9.22. The number of methoxy groups -OCH3 is 1. The van der Waals surface area contributed by atoms with Crippen LogP contribution in [0.5, 0.6) is 5.75 Å². The molecule has 1 fully saturated rings. The van der Waals surface area contributed by atoms with Crippen molar-refractivity contribution in [1.29, 1.82) is 0 Å². The molecule has 0 spiro atoms. The third kappa shape index (κ3) is 4.66. The molecule has 2 rings (SSSR count). The Morgan fingerprint density at radius 1 is 1.27 bits per heavy atom. The predicted octanol–water partition coefficient (Wildman–Crippen LogP) is 3.12. The Labute approximate surface area is 158 Å². The Morgan fingerprint density at radius 3 is 2.58 bits per heavy atom. The highest BCUT2D eigenvalue weighted by Crippen LogP contribution is 2.33. The molecule has 26 heavy (non-hydrogen) atoms. The normalized spacial score (nSPS) is 15.9. The summed E-state index contributed by atoms with van der Waals surface area (Å²) in [5.41, 5.74) is 2.73. The number of carbonyl (C=O) groups is 3. The highest BCUT2D eigenvalue weighted by Gasteiger charge is 2.36. The van der Waals surface area contributed by atoms with E-state index in [9.17, 15) is 14.4 Å². The van der Waals surface area contributed by atoms with Crippen molar-refractivity contribution < 1.29 is 19.1 Å². The third-order valence-corrected chi connectivity index (χ3v) is 4.86. The largest absolute Gasteiger partial charge is 0.496 e. The van der Waals surface area contributed by atoms with E-state index in [0.717, 1.165) is 39.1 Å². The molecule has 6 nitrogen and oxygen atoms in total. The summed E-state index contributed by atoms with van der Waals surface area (Å²) < 4.78 is 5.29. The molecule has 1 N–H and O–H groups in total. The van der Waals surface area contributed by atoms with Gasteiger partial charge in [-0.3, -0.25) is 19.3 Å². The van der Waals surface area contributed by atoms with Crippen molar-refractivity contribution in [2.24, 2.45) is 5.92 Å². The number of imide groups is 1. The highest BCUT2D eigenvalue weighted by molar-refractivity contribution is 8.18. The van der Waals surface area contributed by atoms with Gasteiger partial charge in [-0.25, -0.2) is 0 Å². The fourth-order valence-electron chi connectivity index (χ4n) is 2.48. The zero-order valence-electron chi connectivity index (χ0n) is 15.7. The Balaban J connectivity index is 2.16. The molecule has 1 heterocycles. The summed E-state index contributed by atoms with van der Waals surface area (Å²) >= 11 is 0.855. The minimum Gasteiger partial charge on any atom is -0.496 e. The maximum atomic E-state index is 12.5. The summed E-state index contributed by atoms with van der Waals surface area (Å²) in [4.78, 5) is 37.9. The van der Waals surface area contributed by atoms with Gasteiger partial charge in [0.1, 0.15) is 12.3 Å². The summed E-state index contributed by atoms with van der Waals surface area (Å²) in [6, 6.07) is 3.81. The quantitative estimate of drug-likeness (QED) is 0.772. The van der Waals surface area contributed by atoms with Crippen molar-refractivity contribution in [3.63, 3.8) is 0 Å². The second-order valence-corrected chi connectivity index (χ2v) is 7.64. The third-order valence-electron chi connectivity index (χ3n) is 3.95. The summed E-state index contributed by atoms with van der Waals surface area (Å²) in [6.45, 7) is 8.03. The Bertz CT molecular complexity index is 771. The number of hydrogen-bond acceptors (Lipinski definition) is 5. The van der Waals surface area contributed by atoms with Crippen LogP contribution in [0.4, 0.5) is 4.79 Å². The number of ether oxygens (including phenoxy) is 1. The summed E-state index contributed by atoms with van der Waals surface area (Å²) in [5, 5.41) is 2.29. The molecule has 1 aliphatic heterocycles. The minimum atomic E-state index is -0.437. The van der Waals surface area contributed by atoms with Crippen LogP contribution in [0.1, 0.15) is 30.5 Å². The molecular weight excluding hydrogens is 352 g/mol. The fraction of sp³-hybridized carbons (Fsp3) is 0.421. The van der Waals surface area contributed by atoms with Gasteiger partial charge < -0.3 is 10.1 Å². The molecule has 7 heteroatoms. The van der Waals surface area contributed by atoms with Gasteiger partial charge in [0.05, 0.1) is 12.0 Å². The number of thioether (sulfide) groups is 1. The number of hydrogen-bond donors (Lipinski definition) is 1. The molecule has 0 radical (unpaired) electrons. The number of aryl methyl sites for hydroxylation is 2. The average molecular weight is 376 g/mol. The van der Waals surface area contributed by atoms with Gasteiger partial charge in [0, 0.05) is 6.54 Å². The highest BCUT2D eigenvalue weighted by atomic mass is 32.2. The molecule has 1 saturated heterocycles. The first kappa shape index (κ1) is 20.0. The van der Waals surface area contributed by atoms with Gasteiger partial charge in [-0.15, -0.1) is 0 Å². The maximum Gasteiger partial charge on any atom is 0.294 e. The lowest BCUT2D eigenvalue weighted by molar-refractivity contribution is -0.129. The standard InChI is InChI=1S/C19H24N2O4S/c1-11(2)9-20-17(22)10-21-18(23)16(26-19(21)24)8-14-6-13(4)15(25-5)7-12(14)3/h6-8,11H,9-10H2,1-5H3,(H,20,22)/b16-8-. The number of benzene rings is 1. The molecule has 0 aromatic heterocycles. The van der Waals surface area contributed by atoms with Gasteiger partial charge in [-0.05, 0) is 66.4 Å². The lowest BCUT2D eigenvalue weighted by Crippen LogP contribution is -2.40. The minimum absolute atomic E-state index is 0.255. The number of carbonyl (C=O) groups excluding carboxylic acids is 3. The molecule has 1 aromatic rings. The molecule has 3 amide bonds. The van der Waals surface area contributed by atoms with Gasteiger partial charge in [-0.1, -0.05) is 13.8 Å². The molecule has 0 saturated carbocycles. The molecule has 140 valence electrons. The van der Waals surface area contributed by atoms with Crippen LogP contribution >= 0.6 is 11.8 Å². The van der Waals surface area contributed by atoms with E-state index in [1.165, 1.54) is 0 Å². The van der Waals surface area contributed by atoms with Crippen LogP contribution in [0.2, 0.25) is 0 Å². The van der Waals surface area contributed by atoms with Gasteiger partial charge >= 0.3 is 0 Å². The van der Waals surface area contributed by atoms with Gasteiger partial charge in [0.15, 0.2) is 0 Å². The topological polar surface area (TPSA) is 75.7 Å². The van der Waals surface area contributed by atoms with Crippen LogP contribution in [0, 0.1) is 19.8 Å². The van der Waals surface area contributed by atoms with Crippen LogP contribution in [0.25, 0.3) is 6.08 Å². The van der Waals surface area contributed by atoms with Crippen LogP contribution in [0.3, 0.4) is 0 Å². The maximum absolute atomic E-state index is 12.5. The van der Waals surface area contributed by atoms with Gasteiger partial charge in [0.2, 0.25) is 5.91 Å². The van der Waals surface area contributed by atoms with Crippen molar-refractivity contribution in [1.82, 2.24) is 10.2 Å². The van der Waals surface area contributed by atoms with E-state index in [1.807, 2.05) is 39.8 Å². The summed E-state index contributed by atoms with van der Waals surface area (Å²) in [5.74, 6) is 0.302. The number of rotatable bonds is 6. The summed E-state index contributed by atoms with van der Waals surface area (Å²) in [7, 11) is 1.61. The molecule has 0 unspecified atom stereocenters. The zero-order chi connectivity index (χ0) is 19.4. The second kappa shape index (κ2) is 8.40. The molecule has 0 aliphatic carbocycles. The Hall–Kier alpha value is -2.28. The van der Waals surface area contributed by atoms with Crippen LogP contribution in [0.15, 0.2) is 17.0 Å². The second-order valence-electron chi connectivity index (χ2n) is 6.64. The first-order valence-electron chi connectivity index (χ1n) is 8.40. The number of nitrogens with one attached hydrogen (secondary N) is 1. The van der Waals surface area contributed by atoms with E-state index in [4.69, 9.17) is 4.74 Å². The van der Waals surface area contributed by atoms with Gasteiger partial charge in [0.25, 0.3) is 11.1 Å². The van der Waals surface area contributed by atoms with E-state index in [-0.39, 0.29) is 12.5 Å². The van der Waals surface area contributed by atoms with Crippen molar-refractivity contribution in [2.45, 2.75) is 27.7 Å². The van der Waals surface area contributed by atoms with E-state index < -0.39 is 11.1 Å². The smallest absolute Gasteiger partial charge is 0.294 e. The molecule has 0 atom stereocenters. The summed E-state index contributed by atoms with van der Waals surface area (Å²) in [6.07, 6.45) is 1.69. The zero-order valence-corrected chi connectivity index (χ0v) is 16.5. The van der Waals surface area contributed by atoms with E-state index in [2.05, 4.69) is 5.32 Å². The van der Waals surface area contributed by atoms with Gasteiger partial charge in [-0.2, -0.15) is 0 Å². The average Bonchev–Trinajstić information content (AvgIpc) is 2.83. The van der Waals surface area contributed by atoms with E-state index >= 15 is 0 Å². The Kier molecular flexibility index (Phi) is 6.47. The molecule has 1 aliphatic rings. The van der Waals surface area contributed by atoms with Crippen LogP contribution in [-0.4, -0.2) is 42.2 Å². The predicted molar refractivity (Wildman–Crippen MR) is 103 cm³/mol. The number of nitrogens with zero attached hydrogens (tertiary/aromatic N) is 1. The molecule has 1 aromatic carbocycles. The van der Waals surface area contributed by atoms with E-state index in [0.29, 0.717) is 17.4 Å². The molecule has 0 bridgehead atoms. The first-order chi connectivity index (χ1) is 12.2. The number of amides is 3. The van der Waals surface area contributed by atoms with Crippen molar-refractivity contribution in [3.8, 4) is 5.75 Å². The Morgan fingerprint density at radius 2 is 1.96 bits per heavy atom.